The Labute approximate surface area is 234 Å². The Hall–Kier alpha value is -1.00. The summed E-state index contributed by atoms with van der Waals surface area (Å²) in [5.41, 5.74) is 0. The zero-order chi connectivity index (χ0) is 28.7. The average Bonchev–Trinajstić information content (AvgIpc) is 2.87. The zero-order valence-corrected chi connectivity index (χ0v) is 25.8. The van der Waals surface area contributed by atoms with Gasteiger partial charge in [-0.1, -0.05) is 90.4 Å². The van der Waals surface area contributed by atoms with Crippen molar-refractivity contribution in [2.24, 2.45) is 5.92 Å². The summed E-state index contributed by atoms with van der Waals surface area (Å²) < 4.78 is 56.1. The first kappa shape index (κ1) is 37.0. The van der Waals surface area contributed by atoms with Crippen molar-refractivity contribution >= 4 is 32.9 Å². The van der Waals surface area contributed by atoms with Crippen LogP contribution in [0.5, 0.6) is 0 Å². The first-order valence-electron chi connectivity index (χ1n) is 14.6. The van der Waals surface area contributed by atoms with Crippen molar-refractivity contribution in [1.82, 2.24) is 0 Å². The number of hydrogen-bond acceptors (Lipinski definition) is 7. The number of esters is 2. The molecule has 3 atom stereocenters. The number of hydrogen-bond donors (Lipinski definition) is 1. The molecule has 0 aromatic heterocycles. The number of ether oxygens (including phenoxy) is 2. The minimum Gasteiger partial charge on any atom is -0.469 e. The number of sulfone groups is 1. The molecule has 0 aliphatic heterocycles. The van der Waals surface area contributed by atoms with Crippen LogP contribution in [0.25, 0.3) is 0 Å². The van der Waals surface area contributed by atoms with Crippen molar-refractivity contribution < 1.29 is 36.2 Å². The van der Waals surface area contributed by atoms with Crippen molar-refractivity contribution in [2.45, 2.75) is 134 Å². The first-order chi connectivity index (χ1) is 18.1. The quantitative estimate of drug-likeness (QED) is 0.0707. The molecule has 0 aromatic rings. The third-order valence-corrected chi connectivity index (χ3v) is 10.2. The van der Waals surface area contributed by atoms with Gasteiger partial charge in [-0.05, 0) is 31.6 Å². The van der Waals surface area contributed by atoms with Gasteiger partial charge in [-0.3, -0.25) is 9.59 Å². The van der Waals surface area contributed by atoms with Crippen LogP contribution in [0.1, 0.15) is 129 Å². The first-order valence-corrected chi connectivity index (χ1v) is 17.6. The summed E-state index contributed by atoms with van der Waals surface area (Å²) in [4.78, 5) is 22.1. The molecule has 0 aromatic carbocycles. The summed E-state index contributed by atoms with van der Waals surface area (Å²) in [6.07, 6.45) is 17.1. The number of methoxy groups -OCH3 is 2. The molecular weight excluding hydrogens is 528 g/mol. The highest BCUT2D eigenvalue weighted by atomic mass is 32.2. The van der Waals surface area contributed by atoms with Crippen molar-refractivity contribution in [3.63, 3.8) is 0 Å². The van der Waals surface area contributed by atoms with E-state index in [1.54, 1.807) is 6.92 Å². The number of unbranched alkanes of at least 4 members (excludes halogenated alkanes) is 14. The van der Waals surface area contributed by atoms with Gasteiger partial charge in [0, 0.05) is 12.8 Å². The molecule has 0 bridgehead atoms. The highest BCUT2D eigenvalue weighted by molar-refractivity contribution is 7.91. The zero-order valence-electron chi connectivity index (χ0n) is 24.1. The minimum absolute atomic E-state index is 0.0320. The maximum Gasteiger partial charge on any atom is 0.305 e. The summed E-state index contributed by atoms with van der Waals surface area (Å²) in [7, 11) is -0.440. The third-order valence-electron chi connectivity index (χ3n) is 7.07. The lowest BCUT2D eigenvalue weighted by atomic mass is 10.0. The molecule has 0 amide bonds. The van der Waals surface area contributed by atoms with E-state index in [0.29, 0.717) is 25.7 Å². The van der Waals surface area contributed by atoms with Gasteiger partial charge in [0.05, 0.1) is 31.0 Å². The van der Waals surface area contributed by atoms with E-state index in [0.717, 1.165) is 96.3 Å². The molecule has 0 saturated heterocycles. The molecule has 10 heteroatoms. The maximum absolute atomic E-state index is 12.6. The number of carbonyl (C=O) groups excluding carboxylic acids is 2. The van der Waals surface area contributed by atoms with Crippen molar-refractivity contribution in [3.8, 4) is 0 Å². The normalized spacial score (nSPS) is 14.1. The smallest absolute Gasteiger partial charge is 0.305 e. The van der Waals surface area contributed by atoms with Crippen molar-refractivity contribution in [1.29, 1.82) is 0 Å². The Morgan fingerprint density at radius 2 is 1.05 bits per heavy atom. The summed E-state index contributed by atoms with van der Waals surface area (Å²) >= 11 is -2.03. The molecule has 226 valence electrons. The molecule has 1 N–H and O–H groups in total. The average molecular weight is 583 g/mol. The molecule has 0 rings (SSSR count). The molecule has 8 nitrogen and oxygen atoms in total. The van der Waals surface area contributed by atoms with E-state index < -0.39 is 26.2 Å². The molecule has 0 heterocycles. The molecule has 3 unspecified atom stereocenters. The second-order valence-electron chi connectivity index (χ2n) is 10.5. The Morgan fingerprint density at radius 1 is 0.684 bits per heavy atom. The largest absolute Gasteiger partial charge is 0.469 e. The van der Waals surface area contributed by atoms with Crippen LogP contribution < -0.4 is 0 Å². The topological polar surface area (TPSA) is 124 Å². The highest BCUT2D eigenvalue weighted by Crippen LogP contribution is 2.21. The highest BCUT2D eigenvalue weighted by Gasteiger charge is 2.27. The number of rotatable bonds is 26. The second kappa shape index (κ2) is 23.9. The van der Waals surface area contributed by atoms with Crippen LogP contribution in [0, 0.1) is 5.92 Å². The molecule has 0 aliphatic rings. The van der Waals surface area contributed by atoms with Crippen molar-refractivity contribution in [2.75, 3.05) is 25.7 Å². The van der Waals surface area contributed by atoms with E-state index in [9.17, 15) is 26.8 Å². The molecule has 38 heavy (non-hydrogen) atoms. The van der Waals surface area contributed by atoms with Gasteiger partial charge in [-0.25, -0.2) is 12.6 Å². The molecular formula is C28H54O8S2. The lowest BCUT2D eigenvalue weighted by Gasteiger charge is -2.20. The fourth-order valence-electron chi connectivity index (χ4n) is 4.71. The molecule has 0 saturated carbocycles. The Bertz CT molecular complexity index is 739. The van der Waals surface area contributed by atoms with Gasteiger partial charge in [0.15, 0.2) is 20.9 Å². The van der Waals surface area contributed by atoms with E-state index in [1.165, 1.54) is 14.2 Å². The van der Waals surface area contributed by atoms with Crippen molar-refractivity contribution in [3.05, 3.63) is 0 Å². The van der Waals surface area contributed by atoms with Gasteiger partial charge in [0.2, 0.25) is 0 Å². The Balaban J connectivity index is 3.96. The standard InChI is InChI=1S/C28H54O8S2/c1-25(24-38(33,34)23-19-15-11-7-6-10-14-18-22-28(30)36-3)26(37(31)32)20-16-12-8-4-5-9-13-17-21-27(29)35-2/h25-26H,4-24H2,1-3H3,(H,31,32). The van der Waals surface area contributed by atoms with Gasteiger partial charge < -0.3 is 14.0 Å². The monoisotopic (exact) mass is 582 g/mol. The van der Waals surface area contributed by atoms with E-state index in [4.69, 9.17) is 0 Å². The second-order valence-corrected chi connectivity index (χ2v) is 13.9. The van der Waals surface area contributed by atoms with E-state index >= 15 is 0 Å². The molecule has 0 fully saturated rings. The van der Waals surface area contributed by atoms with Crippen LogP contribution in [-0.2, 0) is 40.0 Å². The minimum atomic E-state index is -3.25. The predicted molar refractivity (Wildman–Crippen MR) is 154 cm³/mol. The summed E-state index contributed by atoms with van der Waals surface area (Å²) in [5, 5.41) is -0.512. The fourth-order valence-corrected chi connectivity index (χ4v) is 7.53. The fraction of sp³-hybridized carbons (Fsp3) is 0.929. The maximum atomic E-state index is 12.6. The summed E-state index contributed by atoms with van der Waals surface area (Å²) in [6, 6.07) is 0. The van der Waals surface area contributed by atoms with Gasteiger partial charge in [0.1, 0.15) is 0 Å². The van der Waals surface area contributed by atoms with Crippen LogP contribution in [0.4, 0.5) is 0 Å². The van der Waals surface area contributed by atoms with Gasteiger partial charge in [0.25, 0.3) is 0 Å². The van der Waals surface area contributed by atoms with E-state index in [1.807, 2.05) is 0 Å². The predicted octanol–water partition coefficient (Wildman–Crippen LogP) is 6.39. The van der Waals surface area contributed by atoms with Crippen LogP contribution in [-0.4, -0.2) is 60.1 Å². The Morgan fingerprint density at radius 3 is 1.45 bits per heavy atom. The SMILES string of the molecule is COC(=O)CCCCCCCCCCC(C(C)CS(=O)(=O)CCCCCCCCCCC(=O)OC)S(=O)O. The van der Waals surface area contributed by atoms with Crippen LogP contribution in [0.3, 0.4) is 0 Å². The van der Waals surface area contributed by atoms with E-state index in [2.05, 4.69) is 9.47 Å². The number of carbonyl (C=O) groups is 2. The van der Waals surface area contributed by atoms with Gasteiger partial charge >= 0.3 is 11.9 Å². The van der Waals surface area contributed by atoms with Crippen LogP contribution >= 0.6 is 0 Å². The van der Waals surface area contributed by atoms with Crippen LogP contribution in [0.15, 0.2) is 0 Å². The molecule has 0 spiro atoms. The lowest BCUT2D eigenvalue weighted by molar-refractivity contribution is -0.141. The third kappa shape index (κ3) is 21.9. The summed E-state index contributed by atoms with van der Waals surface area (Å²) in [5.74, 6) is -0.553. The van der Waals surface area contributed by atoms with E-state index in [-0.39, 0.29) is 29.4 Å². The molecule has 0 radical (unpaired) electrons. The Kier molecular flexibility index (Phi) is 23.2. The van der Waals surface area contributed by atoms with Gasteiger partial charge in [-0.2, -0.15) is 0 Å². The summed E-state index contributed by atoms with van der Waals surface area (Å²) in [6.45, 7) is 1.78. The van der Waals surface area contributed by atoms with Crippen LogP contribution in [0.2, 0.25) is 0 Å². The molecule has 0 aliphatic carbocycles. The lowest BCUT2D eigenvalue weighted by Crippen LogP contribution is -2.30. The van der Waals surface area contributed by atoms with Gasteiger partial charge in [-0.15, -0.1) is 0 Å².